The minimum atomic E-state index is -4.46. The first-order valence-electron chi connectivity index (χ1n) is 9.41. The predicted octanol–water partition coefficient (Wildman–Crippen LogP) is 5.35. The zero-order chi connectivity index (χ0) is 23.3. The topological polar surface area (TPSA) is 73.3 Å². The van der Waals surface area contributed by atoms with Crippen LogP contribution >= 0.6 is 11.6 Å². The van der Waals surface area contributed by atoms with Gasteiger partial charge < -0.3 is 14.8 Å². The van der Waals surface area contributed by atoms with Crippen LogP contribution in [-0.2, 0) is 23.8 Å². The fourth-order valence-corrected chi connectivity index (χ4v) is 3.26. The molecule has 10 heteroatoms. The van der Waals surface area contributed by atoms with Gasteiger partial charge in [-0.15, -0.1) is 0 Å². The van der Waals surface area contributed by atoms with E-state index in [0.717, 1.165) is 12.1 Å². The quantitative estimate of drug-likeness (QED) is 0.483. The summed E-state index contributed by atoms with van der Waals surface area (Å²) in [6.45, 7) is 0. The first kappa shape index (κ1) is 23.3. The number of anilines is 1. The summed E-state index contributed by atoms with van der Waals surface area (Å²) in [7, 11) is 3.12. The van der Waals surface area contributed by atoms with Crippen LogP contribution in [0.4, 0.5) is 19.0 Å². The van der Waals surface area contributed by atoms with E-state index >= 15 is 0 Å². The van der Waals surface area contributed by atoms with Gasteiger partial charge in [0.25, 0.3) is 0 Å². The zero-order valence-corrected chi connectivity index (χ0v) is 17.9. The molecule has 0 bridgehead atoms. The molecule has 0 aliphatic rings. The lowest BCUT2D eigenvalue weighted by Gasteiger charge is -2.14. The molecular formula is C22H19ClF3N3O3. The summed E-state index contributed by atoms with van der Waals surface area (Å²) >= 11 is 6.35. The minimum absolute atomic E-state index is 0.0377. The van der Waals surface area contributed by atoms with Crippen LogP contribution in [0.15, 0.2) is 48.8 Å². The summed E-state index contributed by atoms with van der Waals surface area (Å²) in [5, 5.41) is 3.05. The first-order chi connectivity index (χ1) is 15.2. The average Bonchev–Trinajstić information content (AvgIpc) is 2.75. The summed E-state index contributed by atoms with van der Waals surface area (Å²) in [4.78, 5) is 20.5. The summed E-state index contributed by atoms with van der Waals surface area (Å²) in [5.41, 5.74) is 0.0295. The van der Waals surface area contributed by atoms with Gasteiger partial charge in [0.05, 0.1) is 17.7 Å². The van der Waals surface area contributed by atoms with E-state index in [9.17, 15) is 18.0 Å². The molecule has 0 aliphatic carbocycles. The average molecular weight is 466 g/mol. The van der Waals surface area contributed by atoms with E-state index in [0.29, 0.717) is 11.4 Å². The highest BCUT2D eigenvalue weighted by Crippen LogP contribution is 2.39. The van der Waals surface area contributed by atoms with Gasteiger partial charge in [0.1, 0.15) is 17.9 Å². The predicted molar refractivity (Wildman–Crippen MR) is 114 cm³/mol. The maximum Gasteiger partial charge on any atom is 0.416 e. The number of ketones is 1. The number of ether oxygens (including phenoxy) is 2. The minimum Gasteiger partial charge on any atom is -0.493 e. The number of hydrogen-bond donors (Lipinski definition) is 1. The van der Waals surface area contributed by atoms with Gasteiger partial charge in [-0.25, -0.2) is 9.97 Å². The second kappa shape index (κ2) is 9.86. The van der Waals surface area contributed by atoms with E-state index in [2.05, 4.69) is 15.3 Å². The van der Waals surface area contributed by atoms with Crippen molar-refractivity contribution >= 4 is 23.2 Å². The molecule has 168 valence electrons. The lowest BCUT2D eigenvalue weighted by molar-refractivity contribution is -0.137. The highest BCUT2D eigenvalue weighted by Gasteiger charge is 2.30. The fraction of sp³-hybridized carbons (Fsp3) is 0.227. The van der Waals surface area contributed by atoms with E-state index in [-0.39, 0.29) is 46.6 Å². The van der Waals surface area contributed by atoms with Gasteiger partial charge in [0.2, 0.25) is 5.88 Å². The summed E-state index contributed by atoms with van der Waals surface area (Å²) in [6, 6.07) is 9.41. The molecular weight excluding hydrogens is 447 g/mol. The molecule has 3 aromatic rings. The summed E-state index contributed by atoms with van der Waals surface area (Å²) in [5.74, 6) is 0.999. The van der Waals surface area contributed by atoms with Crippen molar-refractivity contribution in [3.8, 4) is 17.4 Å². The second-order valence-electron chi connectivity index (χ2n) is 6.79. The maximum atomic E-state index is 12.9. The lowest BCUT2D eigenvalue weighted by atomic mass is 10.0. The third-order valence-electron chi connectivity index (χ3n) is 4.45. The van der Waals surface area contributed by atoms with Crippen LogP contribution < -0.4 is 14.8 Å². The SMILES string of the molecule is CNc1cc(Oc2c(Cl)cc(CC(=O)Cc3cccc(C(F)(F)F)c3)cc2OC)ncn1. The van der Waals surface area contributed by atoms with Crippen LogP contribution in [0.2, 0.25) is 5.02 Å². The Morgan fingerprint density at radius 1 is 1.09 bits per heavy atom. The molecule has 0 spiro atoms. The molecule has 1 N–H and O–H groups in total. The third kappa shape index (κ3) is 5.88. The Morgan fingerprint density at radius 3 is 2.53 bits per heavy atom. The van der Waals surface area contributed by atoms with Crippen molar-refractivity contribution in [1.82, 2.24) is 9.97 Å². The number of carbonyl (C=O) groups is 1. The van der Waals surface area contributed by atoms with Gasteiger partial charge in [-0.3, -0.25) is 4.79 Å². The molecule has 1 heterocycles. The number of aromatic nitrogens is 2. The molecule has 32 heavy (non-hydrogen) atoms. The molecule has 0 radical (unpaired) electrons. The van der Waals surface area contributed by atoms with Crippen LogP contribution in [0.3, 0.4) is 0 Å². The van der Waals surface area contributed by atoms with Gasteiger partial charge in [-0.1, -0.05) is 29.8 Å². The van der Waals surface area contributed by atoms with Gasteiger partial charge in [0, 0.05) is 26.0 Å². The number of carbonyl (C=O) groups excluding carboxylic acids is 1. The van der Waals surface area contributed by atoms with Crippen molar-refractivity contribution in [3.63, 3.8) is 0 Å². The Labute approximate surface area is 187 Å². The third-order valence-corrected chi connectivity index (χ3v) is 4.73. The van der Waals surface area contributed by atoms with Gasteiger partial charge in [-0.05, 0) is 29.3 Å². The van der Waals surface area contributed by atoms with Crippen LogP contribution in [0.25, 0.3) is 0 Å². The van der Waals surface area contributed by atoms with Crippen LogP contribution in [-0.4, -0.2) is 29.9 Å². The molecule has 0 saturated carbocycles. The Kier molecular flexibility index (Phi) is 7.19. The number of benzene rings is 2. The Bertz CT molecular complexity index is 1120. The van der Waals surface area contributed by atoms with Gasteiger partial charge in [0.15, 0.2) is 11.5 Å². The standard InChI is InChI=1S/C22H19ClF3N3O3/c1-27-19-11-20(29-12-28-19)32-21-17(23)9-14(10-18(21)31-2)8-16(30)7-13-4-3-5-15(6-13)22(24,25)26/h3-6,9-12H,7-8H2,1-2H3,(H,27,28,29). The maximum absolute atomic E-state index is 12.9. The lowest BCUT2D eigenvalue weighted by Crippen LogP contribution is -2.09. The number of halogens is 4. The Hall–Kier alpha value is -3.33. The van der Waals surface area contributed by atoms with E-state index in [4.69, 9.17) is 21.1 Å². The molecule has 0 atom stereocenters. The van der Waals surface area contributed by atoms with Crippen molar-refractivity contribution in [2.24, 2.45) is 0 Å². The largest absolute Gasteiger partial charge is 0.493 e. The number of rotatable bonds is 8. The molecule has 0 fully saturated rings. The van der Waals surface area contributed by atoms with Crippen molar-refractivity contribution in [2.75, 3.05) is 19.5 Å². The zero-order valence-electron chi connectivity index (χ0n) is 17.2. The van der Waals surface area contributed by atoms with E-state index in [1.54, 1.807) is 25.2 Å². The molecule has 1 aromatic heterocycles. The van der Waals surface area contributed by atoms with Gasteiger partial charge in [-0.2, -0.15) is 13.2 Å². The Balaban J connectivity index is 1.76. The molecule has 6 nitrogen and oxygen atoms in total. The first-order valence-corrected chi connectivity index (χ1v) is 9.79. The van der Waals surface area contributed by atoms with E-state index < -0.39 is 11.7 Å². The molecule has 0 amide bonds. The fourth-order valence-electron chi connectivity index (χ4n) is 2.99. The molecule has 0 unspecified atom stereocenters. The number of hydrogen-bond acceptors (Lipinski definition) is 6. The molecule has 0 aliphatic heterocycles. The summed E-state index contributed by atoms with van der Waals surface area (Å²) < 4.78 is 49.7. The van der Waals surface area contributed by atoms with Crippen molar-refractivity contribution in [1.29, 1.82) is 0 Å². The number of Topliss-reactive ketones (excluding diaryl/α,β-unsaturated/α-hetero) is 1. The number of alkyl halides is 3. The monoisotopic (exact) mass is 465 g/mol. The number of methoxy groups -OCH3 is 1. The van der Waals surface area contributed by atoms with Crippen LogP contribution in [0.1, 0.15) is 16.7 Å². The van der Waals surface area contributed by atoms with Crippen molar-refractivity contribution in [2.45, 2.75) is 19.0 Å². The smallest absolute Gasteiger partial charge is 0.416 e. The summed E-state index contributed by atoms with van der Waals surface area (Å²) in [6.07, 6.45) is -3.32. The van der Waals surface area contributed by atoms with E-state index in [1.807, 2.05) is 0 Å². The van der Waals surface area contributed by atoms with E-state index in [1.165, 1.54) is 25.6 Å². The van der Waals surface area contributed by atoms with Crippen molar-refractivity contribution in [3.05, 3.63) is 70.5 Å². The Morgan fingerprint density at radius 2 is 1.84 bits per heavy atom. The van der Waals surface area contributed by atoms with Gasteiger partial charge >= 0.3 is 6.18 Å². The second-order valence-corrected chi connectivity index (χ2v) is 7.20. The number of nitrogens with one attached hydrogen (secondary N) is 1. The normalized spacial score (nSPS) is 11.2. The highest BCUT2D eigenvalue weighted by molar-refractivity contribution is 6.32. The number of nitrogens with zero attached hydrogens (tertiary/aromatic N) is 2. The highest BCUT2D eigenvalue weighted by atomic mass is 35.5. The van der Waals surface area contributed by atoms with Crippen LogP contribution in [0, 0.1) is 0 Å². The van der Waals surface area contributed by atoms with Crippen molar-refractivity contribution < 1.29 is 27.4 Å². The molecule has 0 saturated heterocycles. The molecule has 2 aromatic carbocycles. The van der Waals surface area contributed by atoms with Crippen LogP contribution in [0.5, 0.6) is 17.4 Å². The molecule has 3 rings (SSSR count).